The number of benzene rings is 2. The number of piperazine rings is 1. The van der Waals surface area contributed by atoms with E-state index in [0.29, 0.717) is 42.9 Å². The number of fused-ring (bicyclic) bond motifs is 2. The number of anilines is 1. The normalized spacial score (nSPS) is 13.9. The molecule has 1 saturated heterocycles. The van der Waals surface area contributed by atoms with Crippen molar-refractivity contribution >= 4 is 45.1 Å². The molecule has 0 spiro atoms. The zero-order chi connectivity index (χ0) is 28.7. The van der Waals surface area contributed by atoms with E-state index >= 15 is 4.39 Å². The summed E-state index contributed by atoms with van der Waals surface area (Å²) in [4.78, 5) is 28.9. The van der Waals surface area contributed by atoms with E-state index in [1.807, 2.05) is 24.0 Å². The summed E-state index contributed by atoms with van der Waals surface area (Å²) in [6.45, 7) is 5.23. The van der Waals surface area contributed by atoms with Crippen molar-refractivity contribution in [3.63, 3.8) is 0 Å². The summed E-state index contributed by atoms with van der Waals surface area (Å²) in [6.07, 6.45) is 3.13. The zero-order valence-electron chi connectivity index (χ0n) is 22.4. The van der Waals surface area contributed by atoms with Crippen molar-refractivity contribution in [1.29, 1.82) is 0 Å². The molecule has 1 fully saturated rings. The molecule has 2 aromatic carbocycles. The van der Waals surface area contributed by atoms with Crippen LogP contribution in [0.25, 0.3) is 32.9 Å². The second kappa shape index (κ2) is 11.0. The van der Waals surface area contributed by atoms with E-state index in [1.165, 1.54) is 25.3 Å². The summed E-state index contributed by atoms with van der Waals surface area (Å²) in [6, 6.07) is 8.26. The van der Waals surface area contributed by atoms with Gasteiger partial charge in [0.15, 0.2) is 11.6 Å². The Morgan fingerprint density at radius 2 is 1.88 bits per heavy atom. The Hall–Kier alpha value is -4.22. The third-order valence-corrected chi connectivity index (χ3v) is 7.62. The molecule has 0 aliphatic carbocycles. The van der Waals surface area contributed by atoms with Crippen LogP contribution in [0.15, 0.2) is 42.7 Å². The van der Waals surface area contributed by atoms with Gasteiger partial charge in [-0.3, -0.25) is 14.9 Å². The molecular formula is C29H26ClF2N7O2. The number of halogens is 3. The lowest BCUT2D eigenvalue weighted by atomic mass is 9.95. The van der Waals surface area contributed by atoms with E-state index in [9.17, 15) is 9.18 Å². The number of ether oxygens (including phenoxy) is 1. The van der Waals surface area contributed by atoms with Gasteiger partial charge in [-0.15, -0.1) is 0 Å². The van der Waals surface area contributed by atoms with Gasteiger partial charge in [-0.05, 0) is 36.8 Å². The first-order chi connectivity index (χ1) is 19.8. The van der Waals surface area contributed by atoms with E-state index < -0.39 is 11.6 Å². The third kappa shape index (κ3) is 5.07. The first-order valence-electron chi connectivity index (χ1n) is 13.1. The van der Waals surface area contributed by atoms with Crippen molar-refractivity contribution < 1.29 is 18.3 Å². The highest BCUT2D eigenvalue weighted by Gasteiger charge is 2.26. The Morgan fingerprint density at radius 1 is 1.07 bits per heavy atom. The third-order valence-electron chi connectivity index (χ3n) is 7.32. The maximum atomic E-state index is 16.6. The van der Waals surface area contributed by atoms with Gasteiger partial charge < -0.3 is 14.5 Å². The lowest BCUT2D eigenvalue weighted by molar-refractivity contribution is -0.129. The number of carbonyl (C=O) groups excluding carboxylic acids is 1. The van der Waals surface area contributed by atoms with Gasteiger partial charge >= 0.3 is 0 Å². The van der Waals surface area contributed by atoms with Crippen LogP contribution in [-0.2, 0) is 22.7 Å². The minimum Gasteiger partial charge on any atom is -0.367 e. The Morgan fingerprint density at radius 3 is 2.63 bits per heavy atom. The average molecular weight is 578 g/mol. The Balaban J connectivity index is 1.45. The maximum Gasteiger partial charge on any atom is 0.219 e. The molecule has 0 radical (unpaired) electrons. The first kappa shape index (κ1) is 27.0. The summed E-state index contributed by atoms with van der Waals surface area (Å²) >= 11 is 6.80. The number of carbonyl (C=O) groups is 1. The number of aryl methyl sites for hydroxylation is 1. The molecule has 4 heterocycles. The number of amides is 1. The van der Waals surface area contributed by atoms with Crippen LogP contribution in [0.1, 0.15) is 24.0 Å². The number of pyridine rings is 1. The van der Waals surface area contributed by atoms with Gasteiger partial charge in [0.1, 0.15) is 29.5 Å². The first-order valence-corrected chi connectivity index (χ1v) is 13.5. The van der Waals surface area contributed by atoms with Crippen molar-refractivity contribution in [2.45, 2.75) is 27.1 Å². The number of rotatable bonds is 6. The molecule has 1 aliphatic rings. The fourth-order valence-electron chi connectivity index (χ4n) is 5.21. The fourth-order valence-corrected chi connectivity index (χ4v) is 5.50. The molecule has 1 N–H and O–H groups in total. The highest BCUT2D eigenvalue weighted by molar-refractivity contribution is 6.35. The Kier molecular flexibility index (Phi) is 7.22. The number of hydrogen-bond acceptors (Lipinski definition) is 7. The lowest BCUT2D eigenvalue weighted by Crippen LogP contribution is -2.48. The smallest absolute Gasteiger partial charge is 0.219 e. The van der Waals surface area contributed by atoms with Gasteiger partial charge in [-0.25, -0.2) is 18.7 Å². The van der Waals surface area contributed by atoms with E-state index in [2.05, 4.69) is 20.2 Å². The van der Waals surface area contributed by atoms with E-state index in [-0.39, 0.29) is 46.7 Å². The van der Waals surface area contributed by atoms with Crippen LogP contribution >= 0.6 is 11.6 Å². The molecule has 0 saturated carbocycles. The SMILES string of the molecule is CC(=O)N1CCN(c2nc(COCc3ncccc3F)nc3c(F)c(-c4c(C)ccc5[nH]ncc45)c(Cl)cc23)CC1. The topological polar surface area (TPSA) is 100 Å². The maximum absolute atomic E-state index is 16.6. The van der Waals surface area contributed by atoms with E-state index in [4.69, 9.17) is 21.3 Å². The van der Waals surface area contributed by atoms with Crippen LogP contribution in [0.2, 0.25) is 5.02 Å². The number of hydrogen-bond donors (Lipinski definition) is 1. The summed E-state index contributed by atoms with van der Waals surface area (Å²) in [7, 11) is 0. The number of nitrogens with one attached hydrogen (secondary N) is 1. The molecule has 12 heteroatoms. The minimum atomic E-state index is -0.590. The monoisotopic (exact) mass is 577 g/mol. The van der Waals surface area contributed by atoms with Gasteiger partial charge in [0.05, 0.1) is 23.3 Å². The Labute approximate surface area is 239 Å². The molecule has 5 aromatic rings. The summed E-state index contributed by atoms with van der Waals surface area (Å²) < 4.78 is 36.4. The van der Waals surface area contributed by atoms with Crippen molar-refractivity contribution in [1.82, 2.24) is 30.0 Å². The molecular weight excluding hydrogens is 552 g/mol. The minimum absolute atomic E-state index is 0.00411. The largest absolute Gasteiger partial charge is 0.367 e. The van der Waals surface area contributed by atoms with Gasteiger partial charge in [0, 0.05) is 61.2 Å². The van der Waals surface area contributed by atoms with Gasteiger partial charge in [-0.1, -0.05) is 17.7 Å². The van der Waals surface area contributed by atoms with Crippen molar-refractivity contribution in [3.05, 3.63) is 76.5 Å². The molecule has 0 bridgehead atoms. The molecule has 0 unspecified atom stereocenters. The van der Waals surface area contributed by atoms with Gasteiger partial charge in [0.2, 0.25) is 5.91 Å². The van der Waals surface area contributed by atoms with Crippen LogP contribution in [0.3, 0.4) is 0 Å². The van der Waals surface area contributed by atoms with Crippen LogP contribution < -0.4 is 4.90 Å². The van der Waals surface area contributed by atoms with Gasteiger partial charge in [0.25, 0.3) is 0 Å². The number of H-pyrrole nitrogens is 1. The predicted molar refractivity (Wildman–Crippen MR) is 151 cm³/mol. The van der Waals surface area contributed by atoms with Crippen molar-refractivity contribution in [2.24, 2.45) is 0 Å². The van der Waals surface area contributed by atoms with Crippen LogP contribution in [0, 0.1) is 18.6 Å². The number of nitrogens with zero attached hydrogens (tertiary/aromatic N) is 6. The van der Waals surface area contributed by atoms with Crippen LogP contribution in [0.4, 0.5) is 14.6 Å². The van der Waals surface area contributed by atoms with Crippen molar-refractivity contribution in [3.8, 4) is 11.1 Å². The molecule has 41 heavy (non-hydrogen) atoms. The number of aromatic amines is 1. The van der Waals surface area contributed by atoms with Crippen LogP contribution in [0.5, 0.6) is 0 Å². The molecule has 1 aliphatic heterocycles. The molecule has 6 rings (SSSR count). The fraction of sp³-hybridized carbons (Fsp3) is 0.276. The molecule has 3 aromatic heterocycles. The van der Waals surface area contributed by atoms with Gasteiger partial charge in [-0.2, -0.15) is 5.10 Å². The molecule has 210 valence electrons. The number of aromatic nitrogens is 5. The molecule has 1 amide bonds. The highest BCUT2D eigenvalue weighted by atomic mass is 35.5. The summed E-state index contributed by atoms with van der Waals surface area (Å²) in [5.41, 5.74) is 2.67. The summed E-state index contributed by atoms with van der Waals surface area (Å²) in [5.74, 6) is -0.359. The second-order valence-electron chi connectivity index (χ2n) is 9.91. The average Bonchev–Trinajstić information content (AvgIpc) is 3.44. The quantitative estimate of drug-likeness (QED) is 0.296. The molecule has 0 atom stereocenters. The highest BCUT2D eigenvalue weighted by Crippen LogP contribution is 2.42. The standard InChI is InChI=1S/C29H26ClF2N7O2/c1-16-5-6-22-19(13-34-37-22)25(16)26-20(30)12-18-28(27(26)32)35-24(15-41-14-23-21(31)4-3-7-33-23)36-29(18)39-10-8-38(9-11-39)17(2)40/h3-7,12-13H,8-11,14-15H2,1-2H3,(H,34,37). The predicted octanol–water partition coefficient (Wildman–Crippen LogP) is 5.19. The summed E-state index contributed by atoms with van der Waals surface area (Å²) in [5, 5.41) is 8.45. The Bertz CT molecular complexity index is 1790. The lowest BCUT2D eigenvalue weighted by Gasteiger charge is -2.35. The zero-order valence-corrected chi connectivity index (χ0v) is 23.2. The second-order valence-corrected chi connectivity index (χ2v) is 10.3. The van der Waals surface area contributed by atoms with E-state index in [0.717, 1.165) is 16.5 Å². The van der Waals surface area contributed by atoms with Crippen molar-refractivity contribution in [2.75, 3.05) is 31.1 Å². The molecule has 9 nitrogen and oxygen atoms in total. The van der Waals surface area contributed by atoms with E-state index in [1.54, 1.807) is 17.2 Å². The van der Waals surface area contributed by atoms with Crippen LogP contribution in [-0.4, -0.2) is 62.1 Å².